The van der Waals surface area contributed by atoms with E-state index in [1.165, 1.54) is 0 Å². The van der Waals surface area contributed by atoms with Gasteiger partial charge in [-0.3, -0.25) is 0 Å². The van der Waals surface area contributed by atoms with Gasteiger partial charge in [0.1, 0.15) is 12.4 Å². The first kappa shape index (κ1) is 16.4. The quantitative estimate of drug-likeness (QED) is 0.638. The summed E-state index contributed by atoms with van der Waals surface area (Å²) in [5, 5.41) is 21.7. The maximum Gasteiger partial charge on any atom is 0.124 e. The third-order valence-corrected chi connectivity index (χ3v) is 2.92. The second kappa shape index (κ2) is 7.85. The second-order valence-corrected chi connectivity index (χ2v) is 6.02. The van der Waals surface area contributed by atoms with Gasteiger partial charge in [0.15, 0.2) is 0 Å². The zero-order valence-corrected chi connectivity index (χ0v) is 13.0. The van der Waals surface area contributed by atoms with Crippen molar-refractivity contribution >= 4 is 15.9 Å². The molecule has 0 atom stereocenters. The predicted molar refractivity (Wildman–Crippen MR) is 79.3 cm³/mol. The van der Waals surface area contributed by atoms with Crippen LogP contribution < -0.4 is 10.1 Å². The fourth-order valence-electron chi connectivity index (χ4n) is 1.51. The summed E-state index contributed by atoms with van der Waals surface area (Å²) >= 11 is 3.44. The van der Waals surface area contributed by atoms with Gasteiger partial charge in [-0.2, -0.15) is 0 Å². The molecule has 3 N–H and O–H groups in total. The lowest BCUT2D eigenvalue weighted by Crippen LogP contribution is -2.28. The summed E-state index contributed by atoms with van der Waals surface area (Å²) in [7, 11) is 0. The van der Waals surface area contributed by atoms with Crippen LogP contribution in [0.4, 0.5) is 0 Å². The maximum absolute atomic E-state index is 9.69. The van der Waals surface area contributed by atoms with Gasteiger partial charge < -0.3 is 20.3 Å². The number of hydrogen-bond donors (Lipinski definition) is 3. The molecule has 1 rings (SSSR count). The van der Waals surface area contributed by atoms with Gasteiger partial charge >= 0.3 is 0 Å². The maximum atomic E-state index is 9.69. The minimum Gasteiger partial charge on any atom is -0.490 e. The normalized spacial score (nSPS) is 11.6. The Kier molecular flexibility index (Phi) is 6.79. The molecule has 19 heavy (non-hydrogen) atoms. The van der Waals surface area contributed by atoms with E-state index in [9.17, 15) is 5.11 Å². The van der Waals surface area contributed by atoms with Crippen molar-refractivity contribution in [3.8, 4) is 5.75 Å². The molecule has 1 aromatic rings. The van der Waals surface area contributed by atoms with Crippen LogP contribution in [0.1, 0.15) is 25.8 Å². The van der Waals surface area contributed by atoms with Gasteiger partial charge in [0, 0.05) is 23.2 Å². The van der Waals surface area contributed by atoms with Gasteiger partial charge in [-0.25, -0.2) is 0 Å². The molecule has 0 radical (unpaired) electrons. The molecule has 0 aliphatic carbocycles. The summed E-state index contributed by atoms with van der Waals surface area (Å²) < 4.78 is 6.64. The summed E-state index contributed by atoms with van der Waals surface area (Å²) in [6.45, 7) is 5.29. The monoisotopic (exact) mass is 331 g/mol. The first-order valence-electron chi connectivity index (χ1n) is 6.37. The number of halogens is 1. The smallest absolute Gasteiger partial charge is 0.124 e. The standard InChI is InChI=1S/C14H22BrNO3/c1-14(2,18)10-19-13-5-4-12(15)8-11(13)9-16-6-3-7-17/h4-5,8,16-18H,3,6-7,9-10H2,1-2H3. The molecule has 0 aromatic heterocycles. The highest BCUT2D eigenvalue weighted by Gasteiger charge is 2.14. The van der Waals surface area contributed by atoms with Gasteiger partial charge in [-0.1, -0.05) is 15.9 Å². The average molecular weight is 332 g/mol. The van der Waals surface area contributed by atoms with Crippen LogP contribution in [0.25, 0.3) is 0 Å². The summed E-state index contributed by atoms with van der Waals surface area (Å²) in [6, 6.07) is 5.79. The van der Waals surface area contributed by atoms with Crippen molar-refractivity contribution in [1.29, 1.82) is 0 Å². The summed E-state index contributed by atoms with van der Waals surface area (Å²) in [4.78, 5) is 0. The number of nitrogens with one attached hydrogen (secondary N) is 1. The molecule has 0 saturated carbocycles. The Balaban J connectivity index is 2.63. The second-order valence-electron chi connectivity index (χ2n) is 5.11. The van der Waals surface area contributed by atoms with Crippen LogP contribution in [0.5, 0.6) is 5.75 Å². The summed E-state index contributed by atoms with van der Waals surface area (Å²) in [5.41, 5.74) is 0.172. The first-order valence-corrected chi connectivity index (χ1v) is 7.17. The lowest BCUT2D eigenvalue weighted by atomic mass is 10.1. The molecule has 0 saturated heterocycles. The van der Waals surface area contributed by atoms with Crippen molar-refractivity contribution in [3.05, 3.63) is 28.2 Å². The van der Waals surface area contributed by atoms with Crippen molar-refractivity contribution in [2.75, 3.05) is 19.8 Å². The zero-order chi connectivity index (χ0) is 14.3. The van der Waals surface area contributed by atoms with E-state index in [0.29, 0.717) is 6.54 Å². The van der Waals surface area contributed by atoms with Crippen LogP contribution in [-0.2, 0) is 6.54 Å². The molecular weight excluding hydrogens is 310 g/mol. The van der Waals surface area contributed by atoms with E-state index in [0.717, 1.165) is 28.8 Å². The summed E-state index contributed by atoms with van der Waals surface area (Å²) in [6.07, 6.45) is 0.730. The third kappa shape index (κ3) is 6.92. The van der Waals surface area contributed by atoms with E-state index < -0.39 is 5.60 Å². The molecule has 1 aromatic carbocycles. The molecule has 0 fully saturated rings. The number of rotatable bonds is 8. The SMILES string of the molecule is CC(C)(O)COc1ccc(Br)cc1CNCCCO. The Hall–Kier alpha value is -0.620. The Bertz CT molecular complexity index is 391. The number of ether oxygens (including phenoxy) is 1. The van der Waals surface area contributed by atoms with Crippen LogP contribution in [0.3, 0.4) is 0 Å². The molecule has 0 spiro atoms. The van der Waals surface area contributed by atoms with Crippen molar-refractivity contribution < 1.29 is 14.9 Å². The van der Waals surface area contributed by atoms with Crippen molar-refractivity contribution in [2.24, 2.45) is 0 Å². The molecule has 5 heteroatoms. The Morgan fingerprint density at radius 3 is 2.74 bits per heavy atom. The van der Waals surface area contributed by atoms with Gasteiger partial charge in [-0.15, -0.1) is 0 Å². The molecule has 0 amide bonds. The van der Waals surface area contributed by atoms with Crippen LogP contribution in [0.15, 0.2) is 22.7 Å². The Labute approximate surface area is 122 Å². The zero-order valence-electron chi connectivity index (χ0n) is 11.4. The average Bonchev–Trinajstić information content (AvgIpc) is 2.32. The molecular formula is C14H22BrNO3. The fraction of sp³-hybridized carbons (Fsp3) is 0.571. The highest BCUT2D eigenvalue weighted by atomic mass is 79.9. The van der Waals surface area contributed by atoms with E-state index in [1.807, 2.05) is 18.2 Å². The minimum absolute atomic E-state index is 0.188. The lowest BCUT2D eigenvalue weighted by molar-refractivity contribution is 0.0281. The van der Waals surface area contributed by atoms with E-state index in [1.54, 1.807) is 13.8 Å². The number of benzene rings is 1. The number of aliphatic hydroxyl groups is 2. The number of aliphatic hydroxyl groups excluding tert-OH is 1. The van der Waals surface area contributed by atoms with Crippen LogP contribution in [0, 0.1) is 0 Å². The van der Waals surface area contributed by atoms with E-state index in [2.05, 4.69) is 21.2 Å². The van der Waals surface area contributed by atoms with E-state index >= 15 is 0 Å². The lowest BCUT2D eigenvalue weighted by Gasteiger charge is -2.19. The minimum atomic E-state index is -0.853. The number of hydrogen-bond acceptors (Lipinski definition) is 4. The molecule has 0 unspecified atom stereocenters. The molecule has 0 aliphatic heterocycles. The largest absolute Gasteiger partial charge is 0.490 e. The third-order valence-electron chi connectivity index (χ3n) is 2.43. The highest BCUT2D eigenvalue weighted by molar-refractivity contribution is 9.10. The van der Waals surface area contributed by atoms with E-state index in [-0.39, 0.29) is 13.2 Å². The van der Waals surface area contributed by atoms with Gasteiger partial charge in [-0.05, 0) is 45.0 Å². The molecule has 108 valence electrons. The molecule has 4 nitrogen and oxygen atoms in total. The molecule has 0 heterocycles. The fourth-order valence-corrected chi connectivity index (χ4v) is 1.92. The van der Waals surface area contributed by atoms with E-state index in [4.69, 9.17) is 9.84 Å². The highest BCUT2D eigenvalue weighted by Crippen LogP contribution is 2.24. The first-order chi connectivity index (χ1) is 8.92. The molecule has 0 bridgehead atoms. The van der Waals surface area contributed by atoms with Crippen molar-refractivity contribution in [3.63, 3.8) is 0 Å². The Morgan fingerprint density at radius 2 is 2.11 bits per heavy atom. The molecule has 0 aliphatic rings. The summed E-state index contributed by atoms with van der Waals surface area (Å²) in [5.74, 6) is 0.766. The van der Waals surface area contributed by atoms with Gasteiger partial charge in [0.25, 0.3) is 0 Å². The predicted octanol–water partition coefficient (Wildman–Crippen LogP) is 2.07. The van der Waals surface area contributed by atoms with Gasteiger partial charge in [0.05, 0.1) is 5.60 Å². The van der Waals surface area contributed by atoms with Crippen LogP contribution >= 0.6 is 15.9 Å². The van der Waals surface area contributed by atoms with Crippen LogP contribution in [-0.4, -0.2) is 35.6 Å². The van der Waals surface area contributed by atoms with Crippen LogP contribution in [0.2, 0.25) is 0 Å². The topological polar surface area (TPSA) is 61.7 Å². The van der Waals surface area contributed by atoms with Gasteiger partial charge in [0.2, 0.25) is 0 Å². The van der Waals surface area contributed by atoms with Crippen molar-refractivity contribution in [2.45, 2.75) is 32.4 Å². The Morgan fingerprint density at radius 1 is 1.37 bits per heavy atom. The van der Waals surface area contributed by atoms with Crippen molar-refractivity contribution in [1.82, 2.24) is 5.32 Å².